The smallest absolute Gasteiger partial charge is 0.225 e. The average Bonchev–Trinajstić information content (AvgIpc) is 2.24. The molecule has 0 aliphatic rings. The van der Waals surface area contributed by atoms with Crippen LogP contribution in [0.25, 0.3) is 0 Å². The first-order valence-corrected chi connectivity index (χ1v) is 5.81. The predicted molar refractivity (Wildman–Crippen MR) is 64.8 cm³/mol. The maximum absolute atomic E-state index is 8.72. The lowest BCUT2D eigenvalue weighted by Gasteiger charge is -2.05. The van der Waals surface area contributed by atoms with Gasteiger partial charge < -0.3 is 5.32 Å². The van der Waals surface area contributed by atoms with E-state index in [0.717, 1.165) is 25.8 Å². The molecular weight excluding hydrogens is 247 g/mol. The second-order valence-electron chi connectivity index (χ2n) is 3.25. The Morgan fingerprint density at radius 2 is 1.88 bits per heavy atom. The van der Waals surface area contributed by atoms with E-state index in [2.05, 4.69) is 22.2 Å². The van der Waals surface area contributed by atoms with Gasteiger partial charge in [-0.3, -0.25) is 0 Å². The van der Waals surface area contributed by atoms with E-state index in [4.69, 9.17) is 28.5 Å². The van der Waals surface area contributed by atoms with Crippen molar-refractivity contribution in [3.05, 3.63) is 15.9 Å². The number of halogens is 2. The molecule has 1 aromatic heterocycles. The molecule has 4 nitrogen and oxygen atoms in total. The molecule has 0 saturated carbocycles. The molecule has 0 aliphatic heterocycles. The van der Waals surface area contributed by atoms with Crippen molar-refractivity contribution in [1.29, 1.82) is 5.26 Å². The first-order valence-electron chi connectivity index (χ1n) is 5.06. The molecule has 1 aromatic rings. The van der Waals surface area contributed by atoms with Gasteiger partial charge in [0.25, 0.3) is 0 Å². The molecule has 0 saturated heterocycles. The summed E-state index contributed by atoms with van der Waals surface area (Å²) in [4.78, 5) is 7.88. The molecule has 0 amide bonds. The Balaban J connectivity index is 2.66. The quantitative estimate of drug-likeness (QED) is 0.651. The van der Waals surface area contributed by atoms with E-state index in [9.17, 15) is 0 Å². The van der Waals surface area contributed by atoms with Crippen LogP contribution in [0.5, 0.6) is 0 Å². The number of anilines is 1. The molecule has 0 unspecified atom stereocenters. The Morgan fingerprint density at radius 1 is 1.25 bits per heavy atom. The van der Waals surface area contributed by atoms with Gasteiger partial charge in [0.2, 0.25) is 5.95 Å². The number of nitrogens with zero attached hydrogens (tertiary/aromatic N) is 3. The van der Waals surface area contributed by atoms with Crippen LogP contribution in [0.4, 0.5) is 5.95 Å². The fourth-order valence-corrected chi connectivity index (χ4v) is 1.63. The van der Waals surface area contributed by atoms with Gasteiger partial charge in [0.05, 0.1) is 0 Å². The Labute approximate surface area is 105 Å². The normalized spacial score (nSPS) is 9.88. The SMILES string of the molecule is CCCCCNc1nc(Cl)c(C#N)c(Cl)n1. The monoisotopic (exact) mass is 258 g/mol. The fourth-order valence-electron chi connectivity index (χ4n) is 1.15. The highest BCUT2D eigenvalue weighted by molar-refractivity contribution is 6.35. The van der Waals surface area contributed by atoms with E-state index in [1.807, 2.05) is 6.07 Å². The number of nitriles is 1. The summed E-state index contributed by atoms with van der Waals surface area (Å²) in [5, 5.41) is 11.9. The van der Waals surface area contributed by atoms with Crippen LogP contribution in [0, 0.1) is 11.3 Å². The van der Waals surface area contributed by atoms with E-state index in [1.54, 1.807) is 0 Å². The summed E-state index contributed by atoms with van der Waals surface area (Å²) >= 11 is 11.6. The van der Waals surface area contributed by atoms with E-state index in [1.165, 1.54) is 0 Å². The summed E-state index contributed by atoms with van der Waals surface area (Å²) in [6, 6.07) is 1.85. The Kier molecular flexibility index (Phi) is 5.30. The molecule has 6 heteroatoms. The standard InChI is InChI=1S/C10H12Cl2N4/c1-2-3-4-5-14-10-15-8(11)7(6-13)9(12)16-10/h2-5H2,1H3,(H,14,15,16). The van der Waals surface area contributed by atoms with Crippen LogP contribution < -0.4 is 5.32 Å². The number of hydrogen-bond donors (Lipinski definition) is 1. The van der Waals surface area contributed by atoms with Gasteiger partial charge in [-0.25, -0.2) is 0 Å². The molecule has 1 rings (SSSR count). The lowest BCUT2D eigenvalue weighted by molar-refractivity contribution is 0.740. The summed E-state index contributed by atoms with van der Waals surface area (Å²) in [6.45, 7) is 2.90. The minimum atomic E-state index is 0.0838. The molecule has 0 spiro atoms. The lowest BCUT2D eigenvalue weighted by Crippen LogP contribution is -2.06. The van der Waals surface area contributed by atoms with Gasteiger partial charge in [0.15, 0.2) is 10.3 Å². The Hall–Kier alpha value is -1.05. The highest BCUT2D eigenvalue weighted by atomic mass is 35.5. The number of rotatable bonds is 5. The lowest BCUT2D eigenvalue weighted by atomic mass is 10.2. The molecule has 0 aliphatic carbocycles. The van der Waals surface area contributed by atoms with Gasteiger partial charge in [-0.05, 0) is 6.42 Å². The molecule has 0 atom stereocenters. The maximum Gasteiger partial charge on any atom is 0.225 e. The van der Waals surface area contributed by atoms with Crippen molar-refractivity contribution in [3.8, 4) is 6.07 Å². The Bertz CT molecular complexity index is 377. The zero-order valence-corrected chi connectivity index (χ0v) is 10.4. The van der Waals surface area contributed by atoms with E-state index in [0.29, 0.717) is 5.95 Å². The zero-order chi connectivity index (χ0) is 12.0. The third-order valence-corrected chi connectivity index (χ3v) is 2.54. The minimum Gasteiger partial charge on any atom is -0.354 e. The van der Waals surface area contributed by atoms with Gasteiger partial charge in [0, 0.05) is 6.54 Å². The van der Waals surface area contributed by atoms with Gasteiger partial charge in [-0.2, -0.15) is 15.2 Å². The summed E-state index contributed by atoms with van der Waals surface area (Å²) in [7, 11) is 0. The molecule has 0 aromatic carbocycles. The van der Waals surface area contributed by atoms with Crippen molar-refractivity contribution in [2.24, 2.45) is 0 Å². The molecule has 0 bridgehead atoms. The maximum atomic E-state index is 8.72. The van der Waals surface area contributed by atoms with Crippen LogP contribution in [0.2, 0.25) is 10.3 Å². The summed E-state index contributed by atoms with van der Waals surface area (Å²) < 4.78 is 0. The topological polar surface area (TPSA) is 61.6 Å². The number of nitrogens with one attached hydrogen (secondary N) is 1. The van der Waals surface area contributed by atoms with Crippen molar-refractivity contribution >= 4 is 29.2 Å². The van der Waals surface area contributed by atoms with Crippen molar-refractivity contribution in [2.75, 3.05) is 11.9 Å². The van der Waals surface area contributed by atoms with Gasteiger partial charge in [-0.1, -0.05) is 43.0 Å². The van der Waals surface area contributed by atoms with Gasteiger partial charge >= 0.3 is 0 Å². The van der Waals surface area contributed by atoms with Crippen LogP contribution in [0.1, 0.15) is 31.7 Å². The predicted octanol–water partition coefficient (Wildman–Crippen LogP) is 3.26. The molecule has 1 N–H and O–H groups in total. The van der Waals surface area contributed by atoms with Crippen molar-refractivity contribution in [3.63, 3.8) is 0 Å². The van der Waals surface area contributed by atoms with Gasteiger partial charge in [0.1, 0.15) is 11.6 Å². The van der Waals surface area contributed by atoms with Crippen molar-refractivity contribution < 1.29 is 0 Å². The van der Waals surface area contributed by atoms with E-state index in [-0.39, 0.29) is 15.9 Å². The van der Waals surface area contributed by atoms with Crippen LogP contribution in [-0.2, 0) is 0 Å². The fraction of sp³-hybridized carbons (Fsp3) is 0.500. The number of aromatic nitrogens is 2. The molecule has 16 heavy (non-hydrogen) atoms. The zero-order valence-electron chi connectivity index (χ0n) is 8.93. The van der Waals surface area contributed by atoms with E-state index >= 15 is 0 Å². The average molecular weight is 259 g/mol. The number of unbranched alkanes of at least 4 members (excludes halogenated alkanes) is 2. The van der Waals surface area contributed by atoms with Crippen LogP contribution >= 0.6 is 23.2 Å². The summed E-state index contributed by atoms with van der Waals surface area (Å²) in [5.74, 6) is 0.366. The van der Waals surface area contributed by atoms with Crippen molar-refractivity contribution in [2.45, 2.75) is 26.2 Å². The summed E-state index contributed by atoms with van der Waals surface area (Å²) in [5.41, 5.74) is 0.113. The van der Waals surface area contributed by atoms with Crippen LogP contribution in [-0.4, -0.2) is 16.5 Å². The highest BCUT2D eigenvalue weighted by Gasteiger charge is 2.10. The first kappa shape index (κ1) is 13.0. The second kappa shape index (κ2) is 6.51. The first-order chi connectivity index (χ1) is 7.69. The minimum absolute atomic E-state index is 0.0838. The third-order valence-electron chi connectivity index (χ3n) is 2.00. The Morgan fingerprint density at radius 3 is 2.38 bits per heavy atom. The third kappa shape index (κ3) is 3.51. The van der Waals surface area contributed by atoms with E-state index < -0.39 is 0 Å². The second-order valence-corrected chi connectivity index (χ2v) is 3.97. The van der Waals surface area contributed by atoms with Crippen LogP contribution in [0.15, 0.2) is 0 Å². The molecule has 0 radical (unpaired) electrons. The van der Waals surface area contributed by atoms with Crippen molar-refractivity contribution in [1.82, 2.24) is 9.97 Å². The summed E-state index contributed by atoms with van der Waals surface area (Å²) in [6.07, 6.45) is 3.33. The molecule has 0 fully saturated rings. The number of hydrogen-bond acceptors (Lipinski definition) is 4. The van der Waals surface area contributed by atoms with Crippen LogP contribution in [0.3, 0.4) is 0 Å². The largest absolute Gasteiger partial charge is 0.354 e. The molecule has 1 heterocycles. The molecular formula is C10H12Cl2N4. The van der Waals surface area contributed by atoms with Gasteiger partial charge in [-0.15, -0.1) is 0 Å². The highest BCUT2D eigenvalue weighted by Crippen LogP contribution is 2.21. The molecule has 86 valence electrons.